The van der Waals surface area contributed by atoms with Crippen LogP contribution in [0, 0.1) is 5.92 Å². The molecule has 0 aliphatic carbocycles. The van der Waals surface area contributed by atoms with Gasteiger partial charge in [0.05, 0.1) is 13.2 Å². The van der Waals surface area contributed by atoms with Crippen LogP contribution in [0.25, 0.3) is 0 Å². The zero-order valence-corrected chi connectivity index (χ0v) is 20.7. The monoisotopic (exact) mass is 491 g/mol. The Morgan fingerprint density at radius 3 is 2.14 bits per heavy atom. The van der Waals surface area contributed by atoms with Gasteiger partial charge in [0.15, 0.2) is 5.60 Å². The van der Waals surface area contributed by atoms with Gasteiger partial charge in [-0.1, -0.05) is 60.7 Å². The number of rotatable bonds is 6. The molecule has 190 valence electrons. The third kappa shape index (κ3) is 4.46. The number of amides is 2. The van der Waals surface area contributed by atoms with Crippen LogP contribution in [0.3, 0.4) is 0 Å². The maximum atomic E-state index is 13.6. The number of ether oxygens (including phenoxy) is 2. The van der Waals surface area contributed by atoms with Crippen LogP contribution >= 0.6 is 0 Å². The highest BCUT2D eigenvalue weighted by Gasteiger charge is 2.58. The minimum atomic E-state index is -0.985. The summed E-state index contributed by atoms with van der Waals surface area (Å²) >= 11 is 0. The van der Waals surface area contributed by atoms with Gasteiger partial charge in [-0.15, -0.1) is 0 Å². The molecule has 0 radical (unpaired) electrons. The van der Waals surface area contributed by atoms with Crippen LogP contribution in [0.2, 0.25) is 0 Å². The van der Waals surface area contributed by atoms with Crippen molar-refractivity contribution in [1.82, 2.24) is 14.7 Å². The van der Waals surface area contributed by atoms with Crippen molar-refractivity contribution in [1.29, 1.82) is 0 Å². The van der Waals surface area contributed by atoms with E-state index >= 15 is 0 Å². The zero-order chi connectivity index (χ0) is 25.1. The van der Waals surface area contributed by atoms with E-state index in [1.165, 1.54) is 0 Å². The molecule has 3 aliphatic rings. The molecular formula is C28H33N3O5. The maximum Gasteiger partial charge on any atom is 0.411 e. The molecule has 5 rings (SSSR count). The highest BCUT2D eigenvalue weighted by molar-refractivity contribution is 5.80. The Kier molecular flexibility index (Phi) is 6.96. The predicted molar refractivity (Wildman–Crippen MR) is 133 cm³/mol. The molecular weight excluding hydrogens is 458 g/mol. The average molecular weight is 492 g/mol. The Balaban J connectivity index is 1.34. The van der Waals surface area contributed by atoms with E-state index in [0.717, 1.165) is 11.1 Å². The Morgan fingerprint density at radius 2 is 1.56 bits per heavy atom. The second kappa shape index (κ2) is 10.3. The van der Waals surface area contributed by atoms with E-state index in [-0.39, 0.29) is 36.5 Å². The first kappa shape index (κ1) is 24.3. The summed E-state index contributed by atoms with van der Waals surface area (Å²) in [6, 6.07) is 19.3. The summed E-state index contributed by atoms with van der Waals surface area (Å²) in [4.78, 5) is 44.3. The molecule has 3 fully saturated rings. The smallest absolute Gasteiger partial charge is 0.411 e. The number of esters is 1. The van der Waals surface area contributed by atoms with Crippen molar-refractivity contribution in [3.05, 3.63) is 71.8 Å². The maximum absolute atomic E-state index is 13.6. The first-order valence-electron chi connectivity index (χ1n) is 12.8. The Morgan fingerprint density at radius 1 is 0.944 bits per heavy atom. The lowest BCUT2D eigenvalue weighted by Gasteiger charge is -2.43. The molecule has 2 aromatic rings. The zero-order valence-electron chi connectivity index (χ0n) is 20.7. The molecule has 0 saturated carbocycles. The van der Waals surface area contributed by atoms with E-state index < -0.39 is 5.60 Å². The topological polar surface area (TPSA) is 79.4 Å². The number of nitrogens with zero attached hydrogens (tertiary/aromatic N) is 3. The molecule has 3 saturated heterocycles. The molecule has 2 amide bonds. The number of hydrogen-bond donors (Lipinski definition) is 0. The predicted octanol–water partition coefficient (Wildman–Crippen LogP) is 2.87. The number of piperidine rings is 1. The SMILES string of the molecule is CCOC(=O)CN1CCC(C(=O)N2CCN3C(=O)OC(c4ccccc4)(c4ccccc4)C3C2)CC1. The fourth-order valence-corrected chi connectivity index (χ4v) is 5.84. The number of carbonyl (C=O) groups is 3. The van der Waals surface area contributed by atoms with Gasteiger partial charge in [0.25, 0.3) is 0 Å². The number of cyclic esters (lactones) is 1. The van der Waals surface area contributed by atoms with Gasteiger partial charge in [0.2, 0.25) is 5.91 Å². The van der Waals surface area contributed by atoms with Crippen LogP contribution in [0.15, 0.2) is 60.7 Å². The highest BCUT2D eigenvalue weighted by atomic mass is 16.6. The van der Waals surface area contributed by atoms with Gasteiger partial charge in [-0.2, -0.15) is 0 Å². The fourth-order valence-electron chi connectivity index (χ4n) is 5.84. The summed E-state index contributed by atoms with van der Waals surface area (Å²) in [5.41, 5.74) is 0.818. The van der Waals surface area contributed by atoms with E-state index in [2.05, 4.69) is 4.90 Å². The summed E-state index contributed by atoms with van der Waals surface area (Å²) < 4.78 is 11.3. The first-order valence-corrected chi connectivity index (χ1v) is 12.8. The average Bonchev–Trinajstić information content (AvgIpc) is 3.22. The minimum absolute atomic E-state index is 0.0872. The number of fused-ring (bicyclic) bond motifs is 1. The number of benzene rings is 2. The van der Waals surface area contributed by atoms with Crippen LogP contribution in [0.5, 0.6) is 0 Å². The van der Waals surface area contributed by atoms with Gasteiger partial charge < -0.3 is 14.4 Å². The van der Waals surface area contributed by atoms with Gasteiger partial charge in [-0.25, -0.2) is 4.79 Å². The molecule has 8 heteroatoms. The first-order chi connectivity index (χ1) is 17.5. The van der Waals surface area contributed by atoms with Gasteiger partial charge in [0.1, 0.15) is 6.04 Å². The van der Waals surface area contributed by atoms with E-state index in [9.17, 15) is 14.4 Å². The summed E-state index contributed by atoms with van der Waals surface area (Å²) in [7, 11) is 0. The van der Waals surface area contributed by atoms with Crippen molar-refractivity contribution in [2.75, 3.05) is 45.9 Å². The quantitative estimate of drug-likeness (QED) is 0.579. The lowest BCUT2D eigenvalue weighted by atomic mass is 9.79. The summed E-state index contributed by atoms with van der Waals surface area (Å²) in [5, 5.41) is 0. The Bertz CT molecular complexity index is 1050. The van der Waals surface area contributed by atoms with Crippen molar-refractivity contribution in [3.8, 4) is 0 Å². The van der Waals surface area contributed by atoms with Crippen molar-refractivity contribution < 1.29 is 23.9 Å². The normalized spacial score (nSPS) is 22.1. The molecule has 1 unspecified atom stereocenters. The highest BCUT2D eigenvalue weighted by Crippen LogP contribution is 2.46. The molecule has 0 spiro atoms. The molecule has 2 aromatic carbocycles. The number of carbonyl (C=O) groups excluding carboxylic acids is 3. The minimum Gasteiger partial charge on any atom is -0.465 e. The molecule has 1 atom stereocenters. The molecule has 0 bridgehead atoms. The van der Waals surface area contributed by atoms with E-state index in [1.807, 2.05) is 65.6 Å². The number of piperazine rings is 1. The van der Waals surface area contributed by atoms with E-state index in [0.29, 0.717) is 52.2 Å². The fraction of sp³-hybridized carbons (Fsp3) is 0.464. The largest absolute Gasteiger partial charge is 0.465 e. The van der Waals surface area contributed by atoms with Gasteiger partial charge in [-0.3, -0.25) is 19.4 Å². The molecule has 8 nitrogen and oxygen atoms in total. The van der Waals surface area contributed by atoms with Crippen molar-refractivity contribution in [3.63, 3.8) is 0 Å². The van der Waals surface area contributed by atoms with Gasteiger partial charge in [0, 0.05) is 36.7 Å². The van der Waals surface area contributed by atoms with E-state index in [1.54, 1.807) is 11.8 Å². The number of likely N-dealkylation sites (tertiary alicyclic amines) is 1. The molecule has 36 heavy (non-hydrogen) atoms. The van der Waals surface area contributed by atoms with Crippen LogP contribution in [0.4, 0.5) is 4.79 Å². The molecule has 0 N–H and O–H groups in total. The lowest BCUT2D eigenvalue weighted by molar-refractivity contribution is -0.145. The van der Waals surface area contributed by atoms with Gasteiger partial charge in [-0.05, 0) is 32.9 Å². The molecule has 3 heterocycles. The second-order valence-corrected chi connectivity index (χ2v) is 9.68. The summed E-state index contributed by atoms with van der Waals surface area (Å²) in [6.07, 6.45) is 1.08. The number of hydrogen-bond acceptors (Lipinski definition) is 6. The van der Waals surface area contributed by atoms with Crippen LogP contribution in [-0.2, 0) is 24.7 Å². The van der Waals surface area contributed by atoms with Crippen molar-refractivity contribution in [2.24, 2.45) is 5.92 Å². The third-order valence-electron chi connectivity index (χ3n) is 7.64. The molecule has 3 aliphatic heterocycles. The Labute approximate surface area is 211 Å². The van der Waals surface area contributed by atoms with Crippen LogP contribution < -0.4 is 0 Å². The molecule has 0 aromatic heterocycles. The Hall–Kier alpha value is -3.39. The van der Waals surface area contributed by atoms with Gasteiger partial charge >= 0.3 is 12.1 Å². The van der Waals surface area contributed by atoms with Crippen LogP contribution in [0.1, 0.15) is 30.9 Å². The lowest BCUT2D eigenvalue weighted by Crippen LogP contribution is -2.59. The van der Waals surface area contributed by atoms with Crippen molar-refractivity contribution in [2.45, 2.75) is 31.4 Å². The second-order valence-electron chi connectivity index (χ2n) is 9.68. The third-order valence-corrected chi connectivity index (χ3v) is 7.64. The van der Waals surface area contributed by atoms with Crippen molar-refractivity contribution >= 4 is 18.0 Å². The standard InChI is InChI=1S/C28H33N3O5/c1-2-35-25(32)20-29-15-13-21(14-16-29)26(33)30-17-18-31-24(19-30)28(36-27(31)34,22-9-5-3-6-10-22)23-11-7-4-8-12-23/h3-12,21,24H,2,13-20H2,1H3. The summed E-state index contributed by atoms with van der Waals surface area (Å²) in [6.45, 7) is 5.18. The van der Waals surface area contributed by atoms with E-state index in [4.69, 9.17) is 9.47 Å². The summed E-state index contributed by atoms with van der Waals surface area (Å²) in [5.74, 6) is -0.182. The van der Waals surface area contributed by atoms with Crippen LogP contribution in [-0.4, -0.2) is 84.6 Å².